The first-order valence-corrected chi connectivity index (χ1v) is 5.41. The van der Waals surface area contributed by atoms with Crippen LogP contribution in [-0.4, -0.2) is 43.3 Å². The molecule has 16 heavy (non-hydrogen) atoms. The Morgan fingerprint density at radius 3 is 2.25 bits per heavy atom. The summed E-state index contributed by atoms with van der Waals surface area (Å²) in [6.07, 6.45) is -0.222. The van der Waals surface area contributed by atoms with Crippen LogP contribution in [0.15, 0.2) is 0 Å². The summed E-state index contributed by atoms with van der Waals surface area (Å²) in [4.78, 5) is 33.4. The van der Waals surface area contributed by atoms with Crippen molar-refractivity contribution in [3.63, 3.8) is 0 Å². The predicted octanol–water partition coefficient (Wildman–Crippen LogP) is 0.981. The summed E-state index contributed by atoms with van der Waals surface area (Å²) in [5.41, 5.74) is 0. The SMILES string of the molecule is CCOC(=O)CC(SC(=O)OC)C(=O)OC. The van der Waals surface area contributed by atoms with Crippen LogP contribution in [0, 0.1) is 0 Å². The molecule has 0 saturated carbocycles. The summed E-state index contributed by atoms with van der Waals surface area (Å²) in [6.45, 7) is 1.87. The van der Waals surface area contributed by atoms with Crippen molar-refractivity contribution in [3.05, 3.63) is 0 Å². The summed E-state index contributed by atoms with van der Waals surface area (Å²) in [7, 11) is 2.37. The van der Waals surface area contributed by atoms with Gasteiger partial charge in [-0.05, 0) is 18.7 Å². The number of carbonyl (C=O) groups excluding carboxylic acids is 3. The lowest BCUT2D eigenvalue weighted by molar-refractivity contribution is -0.148. The molecule has 0 heterocycles. The first-order chi connectivity index (χ1) is 7.54. The molecule has 0 aromatic carbocycles. The fraction of sp³-hybridized carbons (Fsp3) is 0.667. The van der Waals surface area contributed by atoms with Crippen molar-refractivity contribution in [1.29, 1.82) is 0 Å². The van der Waals surface area contributed by atoms with Gasteiger partial charge in [-0.15, -0.1) is 0 Å². The molecular formula is C9H14O6S. The van der Waals surface area contributed by atoms with E-state index in [-0.39, 0.29) is 13.0 Å². The number of ether oxygens (including phenoxy) is 3. The van der Waals surface area contributed by atoms with Gasteiger partial charge >= 0.3 is 17.2 Å². The second kappa shape index (κ2) is 7.98. The van der Waals surface area contributed by atoms with E-state index in [1.807, 2.05) is 0 Å². The summed E-state index contributed by atoms with van der Waals surface area (Å²) >= 11 is 0.595. The molecule has 0 rings (SSSR count). The van der Waals surface area contributed by atoms with Gasteiger partial charge in [0.2, 0.25) is 0 Å². The molecule has 7 heteroatoms. The number of hydrogen-bond acceptors (Lipinski definition) is 7. The molecule has 0 aromatic heterocycles. The van der Waals surface area contributed by atoms with E-state index in [1.165, 1.54) is 14.2 Å². The Kier molecular flexibility index (Phi) is 7.36. The highest BCUT2D eigenvalue weighted by Crippen LogP contribution is 2.19. The Morgan fingerprint density at radius 1 is 1.19 bits per heavy atom. The Balaban J connectivity index is 4.37. The molecule has 0 aromatic rings. The van der Waals surface area contributed by atoms with Gasteiger partial charge in [0.15, 0.2) is 0 Å². The largest absolute Gasteiger partial charge is 0.468 e. The van der Waals surface area contributed by atoms with Crippen LogP contribution in [0.5, 0.6) is 0 Å². The van der Waals surface area contributed by atoms with Crippen LogP contribution in [0.2, 0.25) is 0 Å². The lowest BCUT2D eigenvalue weighted by atomic mass is 10.3. The number of carbonyl (C=O) groups is 3. The second-order valence-corrected chi connectivity index (χ2v) is 3.73. The van der Waals surface area contributed by atoms with Crippen molar-refractivity contribution in [3.8, 4) is 0 Å². The molecule has 0 fully saturated rings. The Hall–Kier alpha value is -1.24. The first-order valence-electron chi connectivity index (χ1n) is 4.53. The zero-order valence-corrected chi connectivity index (χ0v) is 10.2. The topological polar surface area (TPSA) is 78.9 Å². The standard InChI is InChI=1S/C9H14O6S/c1-4-15-7(10)5-6(8(11)13-2)16-9(12)14-3/h6H,4-5H2,1-3H3. The molecule has 92 valence electrons. The van der Waals surface area contributed by atoms with Gasteiger partial charge in [0, 0.05) is 0 Å². The van der Waals surface area contributed by atoms with Crippen LogP contribution in [0.25, 0.3) is 0 Å². The maximum absolute atomic E-state index is 11.2. The van der Waals surface area contributed by atoms with Crippen LogP contribution in [0.4, 0.5) is 4.79 Å². The lowest BCUT2D eigenvalue weighted by Crippen LogP contribution is -2.25. The average molecular weight is 250 g/mol. The molecule has 0 aliphatic carbocycles. The molecule has 0 amide bonds. The lowest BCUT2D eigenvalue weighted by Gasteiger charge is -2.11. The Labute approximate surface area is 97.6 Å². The van der Waals surface area contributed by atoms with E-state index in [9.17, 15) is 14.4 Å². The molecule has 1 atom stereocenters. The van der Waals surface area contributed by atoms with Crippen LogP contribution in [-0.2, 0) is 23.8 Å². The van der Waals surface area contributed by atoms with E-state index in [0.29, 0.717) is 11.8 Å². The van der Waals surface area contributed by atoms with E-state index in [0.717, 1.165) is 0 Å². The zero-order chi connectivity index (χ0) is 12.6. The van der Waals surface area contributed by atoms with Gasteiger partial charge in [0.25, 0.3) is 0 Å². The normalized spacial score (nSPS) is 11.4. The molecule has 1 unspecified atom stereocenters. The smallest absolute Gasteiger partial charge is 0.367 e. The first kappa shape index (κ1) is 14.8. The molecule has 6 nitrogen and oxygen atoms in total. The van der Waals surface area contributed by atoms with Gasteiger partial charge in [0.05, 0.1) is 27.2 Å². The van der Waals surface area contributed by atoms with E-state index in [2.05, 4.69) is 14.2 Å². The highest BCUT2D eigenvalue weighted by Gasteiger charge is 2.27. The molecule has 0 radical (unpaired) electrons. The Morgan fingerprint density at radius 2 is 1.81 bits per heavy atom. The third kappa shape index (κ3) is 5.59. The van der Waals surface area contributed by atoms with Crippen molar-refractivity contribution in [2.45, 2.75) is 18.6 Å². The number of methoxy groups -OCH3 is 2. The minimum atomic E-state index is -0.934. The monoisotopic (exact) mass is 250 g/mol. The fourth-order valence-corrected chi connectivity index (χ4v) is 1.58. The van der Waals surface area contributed by atoms with Gasteiger partial charge < -0.3 is 14.2 Å². The van der Waals surface area contributed by atoms with Crippen molar-refractivity contribution in [2.24, 2.45) is 0 Å². The maximum atomic E-state index is 11.2. The highest BCUT2D eigenvalue weighted by molar-refractivity contribution is 8.14. The molecule has 0 saturated heterocycles. The van der Waals surface area contributed by atoms with Crippen molar-refractivity contribution >= 4 is 29.0 Å². The molecule has 0 aliphatic heterocycles. The van der Waals surface area contributed by atoms with Gasteiger partial charge in [-0.25, -0.2) is 4.79 Å². The van der Waals surface area contributed by atoms with E-state index in [1.54, 1.807) is 6.92 Å². The number of esters is 2. The minimum absolute atomic E-state index is 0.218. The molecule has 0 bridgehead atoms. The summed E-state index contributed by atoms with van der Waals surface area (Å²) in [5.74, 6) is -1.22. The van der Waals surface area contributed by atoms with Gasteiger partial charge in [-0.1, -0.05) is 0 Å². The maximum Gasteiger partial charge on any atom is 0.367 e. The van der Waals surface area contributed by atoms with E-state index >= 15 is 0 Å². The Bertz CT molecular complexity index is 265. The number of hydrogen-bond donors (Lipinski definition) is 0. The van der Waals surface area contributed by atoms with Crippen LogP contribution >= 0.6 is 11.8 Å². The molecule has 0 spiro atoms. The van der Waals surface area contributed by atoms with Gasteiger partial charge in [-0.2, -0.15) is 0 Å². The van der Waals surface area contributed by atoms with Crippen molar-refractivity contribution < 1.29 is 28.6 Å². The van der Waals surface area contributed by atoms with Crippen LogP contribution in [0.1, 0.15) is 13.3 Å². The fourth-order valence-electron chi connectivity index (χ4n) is 0.840. The molecular weight excluding hydrogens is 236 g/mol. The van der Waals surface area contributed by atoms with Gasteiger partial charge in [0.1, 0.15) is 5.25 Å². The number of thioether (sulfide) groups is 1. The van der Waals surface area contributed by atoms with Crippen molar-refractivity contribution in [1.82, 2.24) is 0 Å². The van der Waals surface area contributed by atoms with E-state index < -0.39 is 22.5 Å². The van der Waals surface area contributed by atoms with Crippen LogP contribution in [0.3, 0.4) is 0 Å². The summed E-state index contributed by atoms with van der Waals surface area (Å²) in [6, 6.07) is 0. The average Bonchev–Trinajstić information content (AvgIpc) is 2.27. The summed E-state index contributed by atoms with van der Waals surface area (Å²) < 4.78 is 13.5. The summed E-state index contributed by atoms with van der Waals surface area (Å²) in [5, 5.41) is -1.59. The van der Waals surface area contributed by atoms with Crippen molar-refractivity contribution in [2.75, 3.05) is 20.8 Å². The minimum Gasteiger partial charge on any atom is -0.468 e. The second-order valence-electron chi connectivity index (χ2n) is 2.59. The third-order valence-electron chi connectivity index (χ3n) is 1.53. The van der Waals surface area contributed by atoms with Gasteiger partial charge in [-0.3, -0.25) is 9.59 Å². The number of rotatable bonds is 5. The quantitative estimate of drug-likeness (QED) is 0.531. The zero-order valence-electron chi connectivity index (χ0n) is 9.35. The predicted molar refractivity (Wildman–Crippen MR) is 57.1 cm³/mol. The van der Waals surface area contributed by atoms with Crippen LogP contribution < -0.4 is 0 Å². The molecule has 0 N–H and O–H groups in total. The third-order valence-corrected chi connectivity index (χ3v) is 2.53. The van der Waals surface area contributed by atoms with E-state index in [4.69, 9.17) is 0 Å². The molecule has 0 aliphatic rings. The highest BCUT2D eigenvalue weighted by atomic mass is 32.2.